The quantitative estimate of drug-likeness (QED) is 0.528. The molecule has 0 amide bonds. The van der Waals surface area contributed by atoms with Gasteiger partial charge in [-0.05, 0) is 46.7 Å². The van der Waals surface area contributed by atoms with Crippen molar-refractivity contribution in [3.05, 3.63) is 0 Å². The molecule has 98 valence electrons. The first kappa shape index (κ1) is 15.8. The lowest BCUT2D eigenvalue weighted by Gasteiger charge is -2.19. The summed E-state index contributed by atoms with van der Waals surface area (Å²) in [5.41, 5.74) is 0. The fourth-order valence-corrected chi connectivity index (χ4v) is 1.72. The van der Waals surface area contributed by atoms with Gasteiger partial charge in [-0.15, -0.1) is 0 Å². The summed E-state index contributed by atoms with van der Waals surface area (Å²) >= 11 is 0. The second-order valence-corrected chi connectivity index (χ2v) is 4.50. The molecule has 0 aromatic carbocycles. The van der Waals surface area contributed by atoms with Crippen LogP contribution in [0.4, 0.5) is 0 Å². The van der Waals surface area contributed by atoms with E-state index in [2.05, 4.69) is 24.1 Å². The molecule has 0 aliphatic carbocycles. The Balaban J connectivity index is 3.32. The molecule has 0 aromatic rings. The highest BCUT2D eigenvalue weighted by Gasteiger charge is 2.04. The summed E-state index contributed by atoms with van der Waals surface area (Å²) in [6, 6.07) is 0. The van der Waals surface area contributed by atoms with Crippen molar-refractivity contribution in [2.75, 3.05) is 53.4 Å². The lowest BCUT2D eigenvalue weighted by atomic mass is 10.3. The first-order valence-electron chi connectivity index (χ1n) is 6.36. The first-order chi connectivity index (χ1) is 7.60. The first-order valence-corrected chi connectivity index (χ1v) is 6.36. The molecule has 0 saturated heterocycles. The average molecular weight is 231 g/mol. The van der Waals surface area contributed by atoms with E-state index in [0.29, 0.717) is 6.54 Å². The maximum Gasteiger partial charge on any atom is 0.0791 e. The molecule has 0 bridgehead atoms. The van der Waals surface area contributed by atoms with Gasteiger partial charge in [0.05, 0.1) is 6.10 Å². The van der Waals surface area contributed by atoms with Crippen molar-refractivity contribution < 1.29 is 5.11 Å². The van der Waals surface area contributed by atoms with E-state index in [1.165, 1.54) is 0 Å². The topological polar surface area (TPSA) is 38.7 Å². The highest BCUT2D eigenvalue weighted by molar-refractivity contribution is 4.63. The van der Waals surface area contributed by atoms with Crippen molar-refractivity contribution in [2.24, 2.45) is 0 Å². The summed E-state index contributed by atoms with van der Waals surface area (Å²) in [6.07, 6.45) is 0.888. The van der Waals surface area contributed by atoms with Crippen molar-refractivity contribution in [3.8, 4) is 0 Å². The molecular formula is C12H29N3O. The third-order valence-corrected chi connectivity index (χ3v) is 2.68. The van der Waals surface area contributed by atoms with Crippen LogP contribution in [0.5, 0.6) is 0 Å². The van der Waals surface area contributed by atoms with Crippen LogP contribution in [-0.4, -0.2) is 74.4 Å². The number of rotatable bonds is 10. The molecule has 4 nitrogen and oxygen atoms in total. The highest BCUT2D eigenvalue weighted by Crippen LogP contribution is 1.90. The minimum atomic E-state index is -0.261. The molecular weight excluding hydrogens is 202 g/mol. The second-order valence-electron chi connectivity index (χ2n) is 4.50. The van der Waals surface area contributed by atoms with Gasteiger partial charge in [0.1, 0.15) is 0 Å². The van der Waals surface area contributed by atoms with Gasteiger partial charge in [0.2, 0.25) is 0 Å². The summed E-state index contributed by atoms with van der Waals surface area (Å²) in [5.74, 6) is 0. The molecule has 1 atom stereocenters. The molecule has 0 rings (SSSR count). The molecule has 0 saturated carbocycles. The Labute approximate surface area is 101 Å². The summed E-state index contributed by atoms with van der Waals surface area (Å²) in [6.45, 7) is 10.2. The van der Waals surface area contributed by atoms with Crippen LogP contribution in [-0.2, 0) is 0 Å². The normalized spacial score (nSPS) is 13.7. The maximum absolute atomic E-state index is 9.61. The summed E-state index contributed by atoms with van der Waals surface area (Å²) in [4.78, 5) is 4.42. The van der Waals surface area contributed by atoms with E-state index in [-0.39, 0.29) is 6.10 Å². The van der Waals surface area contributed by atoms with Crippen LogP contribution in [0.1, 0.15) is 20.3 Å². The fourth-order valence-electron chi connectivity index (χ4n) is 1.72. The number of aliphatic hydroxyl groups is 1. The number of hydrogen-bond acceptors (Lipinski definition) is 4. The van der Waals surface area contributed by atoms with Crippen molar-refractivity contribution in [1.29, 1.82) is 0 Å². The lowest BCUT2D eigenvalue weighted by molar-refractivity contribution is 0.134. The van der Waals surface area contributed by atoms with Gasteiger partial charge in [-0.3, -0.25) is 0 Å². The van der Waals surface area contributed by atoms with Gasteiger partial charge in [-0.25, -0.2) is 0 Å². The van der Waals surface area contributed by atoms with E-state index >= 15 is 0 Å². The SMILES string of the molecule is CCN(CC)CCCNCC(O)CN(C)C. The molecule has 0 spiro atoms. The summed E-state index contributed by atoms with van der Waals surface area (Å²) in [7, 11) is 3.95. The predicted octanol–water partition coefficient (Wildman–Crippen LogP) is 0.230. The van der Waals surface area contributed by atoms with Gasteiger partial charge < -0.3 is 20.2 Å². The number of nitrogens with zero attached hydrogens (tertiary/aromatic N) is 2. The van der Waals surface area contributed by atoms with Gasteiger partial charge in [-0.1, -0.05) is 13.8 Å². The van der Waals surface area contributed by atoms with E-state index < -0.39 is 0 Å². The van der Waals surface area contributed by atoms with Crippen molar-refractivity contribution in [2.45, 2.75) is 26.4 Å². The maximum atomic E-state index is 9.61. The van der Waals surface area contributed by atoms with Crippen LogP contribution >= 0.6 is 0 Å². The summed E-state index contributed by atoms with van der Waals surface area (Å²) in [5, 5.41) is 12.9. The number of likely N-dealkylation sites (N-methyl/N-ethyl adjacent to an activating group) is 1. The highest BCUT2D eigenvalue weighted by atomic mass is 16.3. The third-order valence-electron chi connectivity index (χ3n) is 2.68. The Morgan fingerprint density at radius 3 is 2.31 bits per heavy atom. The van der Waals surface area contributed by atoms with Crippen LogP contribution in [0.2, 0.25) is 0 Å². The minimum absolute atomic E-state index is 0.261. The number of nitrogens with one attached hydrogen (secondary N) is 1. The van der Waals surface area contributed by atoms with E-state index in [9.17, 15) is 5.11 Å². The van der Waals surface area contributed by atoms with Gasteiger partial charge in [0, 0.05) is 13.1 Å². The monoisotopic (exact) mass is 231 g/mol. The molecule has 0 fully saturated rings. The Bertz CT molecular complexity index is 149. The van der Waals surface area contributed by atoms with Gasteiger partial charge in [0.25, 0.3) is 0 Å². The zero-order valence-corrected chi connectivity index (χ0v) is 11.4. The third kappa shape index (κ3) is 9.09. The zero-order valence-electron chi connectivity index (χ0n) is 11.4. The standard InChI is InChI=1S/C12H29N3O/c1-5-15(6-2)9-7-8-13-10-12(16)11-14(3)4/h12-13,16H,5-11H2,1-4H3. The molecule has 0 aromatic heterocycles. The lowest BCUT2D eigenvalue weighted by Crippen LogP contribution is -2.36. The number of hydrogen-bond donors (Lipinski definition) is 2. The van der Waals surface area contributed by atoms with E-state index in [1.54, 1.807) is 0 Å². The molecule has 0 radical (unpaired) electrons. The molecule has 2 N–H and O–H groups in total. The van der Waals surface area contributed by atoms with Crippen LogP contribution in [0.3, 0.4) is 0 Å². The Morgan fingerprint density at radius 1 is 1.19 bits per heavy atom. The van der Waals surface area contributed by atoms with Crippen LogP contribution in [0.25, 0.3) is 0 Å². The Kier molecular flexibility index (Phi) is 9.92. The molecule has 0 aliphatic rings. The van der Waals surface area contributed by atoms with Crippen LogP contribution in [0.15, 0.2) is 0 Å². The fraction of sp³-hybridized carbons (Fsp3) is 1.00. The molecule has 1 unspecified atom stereocenters. The van der Waals surface area contributed by atoms with Crippen molar-refractivity contribution in [3.63, 3.8) is 0 Å². The van der Waals surface area contributed by atoms with Gasteiger partial charge in [-0.2, -0.15) is 0 Å². The number of aliphatic hydroxyl groups excluding tert-OH is 1. The summed E-state index contributed by atoms with van der Waals surface area (Å²) < 4.78 is 0. The average Bonchev–Trinajstić information content (AvgIpc) is 2.22. The van der Waals surface area contributed by atoms with Crippen molar-refractivity contribution in [1.82, 2.24) is 15.1 Å². The molecule has 0 heterocycles. The Morgan fingerprint density at radius 2 is 1.81 bits per heavy atom. The van der Waals surface area contributed by atoms with Gasteiger partial charge in [0.15, 0.2) is 0 Å². The molecule has 4 heteroatoms. The van der Waals surface area contributed by atoms with Gasteiger partial charge >= 0.3 is 0 Å². The predicted molar refractivity (Wildman–Crippen MR) is 69.8 cm³/mol. The zero-order chi connectivity index (χ0) is 12.4. The molecule has 16 heavy (non-hydrogen) atoms. The van der Waals surface area contributed by atoms with Crippen LogP contribution in [0, 0.1) is 0 Å². The van der Waals surface area contributed by atoms with Crippen LogP contribution < -0.4 is 5.32 Å². The molecule has 0 aliphatic heterocycles. The minimum Gasteiger partial charge on any atom is -0.390 e. The smallest absolute Gasteiger partial charge is 0.0791 e. The largest absolute Gasteiger partial charge is 0.390 e. The Hall–Kier alpha value is -0.160. The van der Waals surface area contributed by atoms with Crippen molar-refractivity contribution >= 4 is 0 Å². The van der Waals surface area contributed by atoms with E-state index in [4.69, 9.17) is 0 Å². The van der Waals surface area contributed by atoms with E-state index in [0.717, 1.165) is 39.1 Å². The van der Waals surface area contributed by atoms with E-state index in [1.807, 2.05) is 19.0 Å². The second kappa shape index (κ2) is 10.0.